The average molecular weight is 184 g/mol. The molecule has 0 aliphatic heterocycles. The quantitative estimate of drug-likeness (QED) is 0.723. The number of benzene rings is 1. The van der Waals surface area contributed by atoms with Gasteiger partial charge in [-0.15, -0.1) is 11.8 Å². The van der Waals surface area contributed by atoms with E-state index in [1.165, 1.54) is 0 Å². The van der Waals surface area contributed by atoms with Gasteiger partial charge in [0, 0.05) is 10.6 Å². The Bertz CT molecular complexity index is 238. The van der Waals surface area contributed by atoms with Crippen LogP contribution in [-0.2, 0) is 0 Å². The van der Waals surface area contributed by atoms with E-state index in [1.807, 2.05) is 24.3 Å². The van der Waals surface area contributed by atoms with Crippen molar-refractivity contribution in [3.05, 3.63) is 24.3 Å². The van der Waals surface area contributed by atoms with E-state index in [0.29, 0.717) is 0 Å². The van der Waals surface area contributed by atoms with Crippen molar-refractivity contribution in [3.8, 4) is 5.75 Å². The molecule has 0 saturated carbocycles. The van der Waals surface area contributed by atoms with E-state index in [4.69, 9.17) is 9.84 Å². The Morgan fingerprint density at radius 2 is 2.33 bits per heavy atom. The lowest BCUT2D eigenvalue weighted by Crippen LogP contribution is -1.86. The number of aliphatic hydroxyl groups excluding tert-OH is 1. The Balaban J connectivity index is 2.60. The minimum Gasteiger partial charge on any atom is -0.497 e. The van der Waals surface area contributed by atoms with E-state index >= 15 is 0 Å². The van der Waals surface area contributed by atoms with Gasteiger partial charge in [-0.05, 0) is 18.2 Å². The maximum absolute atomic E-state index is 8.60. The van der Waals surface area contributed by atoms with Gasteiger partial charge in [0.2, 0.25) is 0 Å². The summed E-state index contributed by atoms with van der Waals surface area (Å²) in [6, 6.07) is 7.81. The summed E-state index contributed by atoms with van der Waals surface area (Å²) >= 11 is 1.62. The lowest BCUT2D eigenvalue weighted by Gasteiger charge is -2.02. The number of hydrogen-bond acceptors (Lipinski definition) is 3. The van der Waals surface area contributed by atoms with Crippen LogP contribution in [0.4, 0.5) is 0 Å². The van der Waals surface area contributed by atoms with Crippen LogP contribution in [0.25, 0.3) is 0 Å². The van der Waals surface area contributed by atoms with Crippen molar-refractivity contribution < 1.29 is 9.84 Å². The molecule has 1 rings (SSSR count). The van der Waals surface area contributed by atoms with E-state index in [2.05, 4.69) is 0 Å². The molecule has 0 heterocycles. The zero-order valence-electron chi connectivity index (χ0n) is 6.99. The van der Waals surface area contributed by atoms with Gasteiger partial charge in [0.25, 0.3) is 0 Å². The molecule has 0 unspecified atom stereocenters. The highest BCUT2D eigenvalue weighted by Crippen LogP contribution is 2.21. The Kier molecular flexibility index (Phi) is 3.97. The van der Waals surface area contributed by atoms with Crippen molar-refractivity contribution in [1.82, 2.24) is 0 Å². The van der Waals surface area contributed by atoms with Gasteiger partial charge in [-0.2, -0.15) is 0 Å². The fourth-order valence-corrected chi connectivity index (χ4v) is 1.56. The van der Waals surface area contributed by atoms with Crippen LogP contribution >= 0.6 is 11.8 Å². The zero-order valence-corrected chi connectivity index (χ0v) is 7.80. The monoisotopic (exact) mass is 184 g/mol. The molecule has 0 aliphatic carbocycles. The fourth-order valence-electron chi connectivity index (χ4n) is 0.854. The average Bonchev–Trinajstić information content (AvgIpc) is 2.15. The number of ether oxygens (including phenoxy) is 1. The third-order valence-corrected chi connectivity index (χ3v) is 2.38. The van der Waals surface area contributed by atoms with Gasteiger partial charge in [-0.3, -0.25) is 0 Å². The molecule has 3 heteroatoms. The third-order valence-electron chi connectivity index (χ3n) is 1.40. The largest absolute Gasteiger partial charge is 0.497 e. The predicted molar refractivity (Wildman–Crippen MR) is 50.8 cm³/mol. The Hall–Kier alpha value is -0.670. The van der Waals surface area contributed by atoms with Crippen LogP contribution in [0, 0.1) is 0 Å². The van der Waals surface area contributed by atoms with Crippen LogP contribution in [-0.4, -0.2) is 24.6 Å². The van der Waals surface area contributed by atoms with Crippen molar-refractivity contribution in [2.45, 2.75) is 4.90 Å². The third kappa shape index (κ3) is 2.75. The summed E-state index contributed by atoms with van der Waals surface area (Å²) in [6.07, 6.45) is 0. The van der Waals surface area contributed by atoms with Gasteiger partial charge >= 0.3 is 0 Å². The number of rotatable bonds is 4. The van der Waals surface area contributed by atoms with Crippen LogP contribution in [0.2, 0.25) is 0 Å². The first-order valence-corrected chi connectivity index (χ1v) is 4.73. The molecule has 1 aromatic rings. The molecule has 0 saturated heterocycles. The molecular weight excluding hydrogens is 172 g/mol. The molecular formula is C9H12O2S. The van der Waals surface area contributed by atoms with E-state index in [-0.39, 0.29) is 6.61 Å². The van der Waals surface area contributed by atoms with E-state index < -0.39 is 0 Å². The van der Waals surface area contributed by atoms with Crippen LogP contribution in [0.1, 0.15) is 0 Å². The molecule has 0 bridgehead atoms. The topological polar surface area (TPSA) is 29.5 Å². The molecule has 0 aromatic heterocycles. The maximum Gasteiger partial charge on any atom is 0.119 e. The summed E-state index contributed by atoms with van der Waals surface area (Å²) in [5, 5.41) is 8.60. The lowest BCUT2D eigenvalue weighted by molar-refractivity contribution is 0.322. The number of methoxy groups -OCH3 is 1. The van der Waals surface area contributed by atoms with Crippen molar-refractivity contribution in [2.75, 3.05) is 19.5 Å². The number of aliphatic hydroxyl groups is 1. The standard InChI is InChI=1S/C9H12O2S/c1-11-8-3-2-4-9(7-8)12-6-5-10/h2-4,7,10H,5-6H2,1H3. The van der Waals surface area contributed by atoms with E-state index in [1.54, 1.807) is 18.9 Å². The summed E-state index contributed by atoms with van der Waals surface area (Å²) in [5.41, 5.74) is 0. The summed E-state index contributed by atoms with van der Waals surface area (Å²) in [6.45, 7) is 0.210. The summed E-state index contributed by atoms with van der Waals surface area (Å²) in [5.74, 6) is 1.59. The number of thioether (sulfide) groups is 1. The Morgan fingerprint density at radius 1 is 1.50 bits per heavy atom. The fraction of sp³-hybridized carbons (Fsp3) is 0.333. The maximum atomic E-state index is 8.60. The molecule has 0 spiro atoms. The molecule has 0 fully saturated rings. The van der Waals surface area contributed by atoms with Gasteiger partial charge < -0.3 is 9.84 Å². The van der Waals surface area contributed by atoms with E-state index in [0.717, 1.165) is 16.4 Å². The summed E-state index contributed by atoms with van der Waals surface area (Å²) in [4.78, 5) is 1.13. The zero-order chi connectivity index (χ0) is 8.81. The van der Waals surface area contributed by atoms with Crippen molar-refractivity contribution >= 4 is 11.8 Å². The SMILES string of the molecule is COc1cccc(SCCO)c1. The van der Waals surface area contributed by atoms with Gasteiger partial charge in [0.05, 0.1) is 13.7 Å². The first-order valence-electron chi connectivity index (χ1n) is 3.74. The highest BCUT2D eigenvalue weighted by molar-refractivity contribution is 7.99. The Morgan fingerprint density at radius 3 is 3.00 bits per heavy atom. The van der Waals surface area contributed by atoms with Gasteiger partial charge in [-0.1, -0.05) is 6.07 Å². The first-order chi connectivity index (χ1) is 5.86. The molecule has 1 aromatic carbocycles. The van der Waals surface area contributed by atoms with Crippen LogP contribution in [0.5, 0.6) is 5.75 Å². The second kappa shape index (κ2) is 5.06. The van der Waals surface area contributed by atoms with Gasteiger partial charge in [0.1, 0.15) is 5.75 Å². The van der Waals surface area contributed by atoms with Crippen molar-refractivity contribution in [2.24, 2.45) is 0 Å². The number of hydrogen-bond donors (Lipinski definition) is 1. The molecule has 0 radical (unpaired) electrons. The van der Waals surface area contributed by atoms with Crippen molar-refractivity contribution in [3.63, 3.8) is 0 Å². The first kappa shape index (κ1) is 9.42. The van der Waals surface area contributed by atoms with Crippen LogP contribution in [0.15, 0.2) is 29.2 Å². The molecule has 66 valence electrons. The summed E-state index contributed by atoms with van der Waals surface area (Å²) in [7, 11) is 1.65. The predicted octanol–water partition coefficient (Wildman–Crippen LogP) is 1.78. The molecule has 2 nitrogen and oxygen atoms in total. The lowest BCUT2D eigenvalue weighted by atomic mass is 10.3. The second-order valence-electron chi connectivity index (χ2n) is 2.25. The molecule has 12 heavy (non-hydrogen) atoms. The molecule has 0 aliphatic rings. The van der Waals surface area contributed by atoms with Gasteiger partial charge in [0.15, 0.2) is 0 Å². The Labute approximate surface area is 76.6 Å². The molecule has 1 N–H and O–H groups in total. The molecule has 0 atom stereocenters. The normalized spacial score (nSPS) is 9.83. The van der Waals surface area contributed by atoms with Crippen molar-refractivity contribution in [1.29, 1.82) is 0 Å². The van der Waals surface area contributed by atoms with Gasteiger partial charge in [-0.25, -0.2) is 0 Å². The second-order valence-corrected chi connectivity index (χ2v) is 3.42. The minimum atomic E-state index is 0.210. The highest BCUT2D eigenvalue weighted by Gasteiger charge is 1.94. The smallest absolute Gasteiger partial charge is 0.119 e. The van der Waals surface area contributed by atoms with Crippen LogP contribution < -0.4 is 4.74 Å². The highest BCUT2D eigenvalue weighted by atomic mass is 32.2. The summed E-state index contributed by atoms with van der Waals surface area (Å²) < 4.78 is 5.06. The van der Waals surface area contributed by atoms with Crippen LogP contribution in [0.3, 0.4) is 0 Å². The minimum absolute atomic E-state index is 0.210. The molecule has 0 amide bonds. The van der Waals surface area contributed by atoms with E-state index in [9.17, 15) is 0 Å².